The van der Waals surface area contributed by atoms with Gasteiger partial charge in [-0.3, -0.25) is 0 Å². The molecule has 0 atom stereocenters. The fourth-order valence-electron chi connectivity index (χ4n) is 0.822. The van der Waals surface area contributed by atoms with E-state index in [0.717, 1.165) is 0 Å². The molecular formula is C8H8Cl2N4O. The van der Waals surface area contributed by atoms with Crippen LogP contribution in [0.5, 0.6) is 5.75 Å². The standard InChI is InChI=1S/C8H8Cl2N4O/c9-5-1-4(2-6(10)7(5)15)3-13-14-8(11)12/h1-3,15H,(H4,11,12,14)/b13-3-. The summed E-state index contributed by atoms with van der Waals surface area (Å²) in [6, 6.07) is 2.96. The number of hydrogen-bond acceptors (Lipinski definition) is 3. The number of hydrogen-bond donors (Lipinski definition) is 3. The van der Waals surface area contributed by atoms with Gasteiger partial charge in [-0.05, 0) is 17.7 Å². The van der Waals surface area contributed by atoms with Crippen LogP contribution in [-0.2, 0) is 0 Å². The highest BCUT2D eigenvalue weighted by atomic mass is 35.5. The smallest absolute Gasteiger partial charge is 0.211 e. The summed E-state index contributed by atoms with van der Waals surface area (Å²) in [4.78, 5) is 0. The Morgan fingerprint density at radius 3 is 2.27 bits per heavy atom. The Morgan fingerprint density at radius 1 is 1.27 bits per heavy atom. The quantitative estimate of drug-likeness (QED) is 0.417. The average Bonchev–Trinajstić information content (AvgIpc) is 2.13. The molecule has 0 aliphatic heterocycles. The second-order valence-corrected chi connectivity index (χ2v) is 3.42. The topological polar surface area (TPSA) is 97.0 Å². The number of nitrogens with zero attached hydrogens (tertiary/aromatic N) is 2. The van der Waals surface area contributed by atoms with E-state index in [1.54, 1.807) is 0 Å². The minimum absolute atomic E-state index is 0.133. The van der Waals surface area contributed by atoms with E-state index in [0.29, 0.717) is 5.56 Å². The Morgan fingerprint density at radius 2 is 1.80 bits per heavy atom. The Bertz CT molecular complexity index is 404. The lowest BCUT2D eigenvalue weighted by Gasteiger charge is -2.00. The van der Waals surface area contributed by atoms with Crippen LogP contribution in [0.4, 0.5) is 0 Å². The Labute approximate surface area is 96.0 Å². The van der Waals surface area contributed by atoms with Crippen molar-refractivity contribution in [3.05, 3.63) is 27.7 Å². The van der Waals surface area contributed by atoms with Gasteiger partial charge in [0.1, 0.15) is 0 Å². The van der Waals surface area contributed by atoms with Gasteiger partial charge < -0.3 is 16.6 Å². The van der Waals surface area contributed by atoms with E-state index in [4.69, 9.17) is 34.7 Å². The maximum Gasteiger partial charge on any atom is 0.211 e. The maximum atomic E-state index is 9.27. The van der Waals surface area contributed by atoms with Crippen LogP contribution < -0.4 is 11.5 Å². The number of nitrogens with two attached hydrogens (primary N) is 2. The fraction of sp³-hybridized carbons (Fsp3) is 0. The molecule has 0 aromatic heterocycles. The predicted molar refractivity (Wildman–Crippen MR) is 61.5 cm³/mol. The molecule has 1 rings (SSSR count). The summed E-state index contributed by atoms with van der Waals surface area (Å²) >= 11 is 11.4. The zero-order valence-corrected chi connectivity index (χ0v) is 9.00. The van der Waals surface area contributed by atoms with E-state index < -0.39 is 0 Å². The second kappa shape index (κ2) is 4.86. The van der Waals surface area contributed by atoms with Gasteiger partial charge >= 0.3 is 0 Å². The van der Waals surface area contributed by atoms with Crippen molar-refractivity contribution in [3.63, 3.8) is 0 Å². The molecule has 0 saturated heterocycles. The summed E-state index contributed by atoms with van der Waals surface area (Å²) < 4.78 is 0. The molecule has 0 bridgehead atoms. The van der Waals surface area contributed by atoms with Gasteiger partial charge in [0.2, 0.25) is 5.96 Å². The molecule has 15 heavy (non-hydrogen) atoms. The van der Waals surface area contributed by atoms with Crippen molar-refractivity contribution in [2.75, 3.05) is 0 Å². The molecule has 0 aliphatic carbocycles. The number of aromatic hydroxyl groups is 1. The SMILES string of the molecule is NC(N)=N/N=C\c1cc(Cl)c(O)c(Cl)c1. The molecule has 0 aliphatic rings. The van der Waals surface area contributed by atoms with Crippen molar-refractivity contribution >= 4 is 35.4 Å². The normalized spacial score (nSPS) is 10.5. The Hall–Kier alpha value is -1.46. The first-order valence-electron chi connectivity index (χ1n) is 3.80. The minimum Gasteiger partial charge on any atom is -0.505 e. The summed E-state index contributed by atoms with van der Waals surface area (Å²) in [6.07, 6.45) is 1.36. The molecule has 1 aromatic rings. The van der Waals surface area contributed by atoms with Gasteiger partial charge in [0.05, 0.1) is 16.3 Å². The monoisotopic (exact) mass is 246 g/mol. The van der Waals surface area contributed by atoms with Gasteiger partial charge in [-0.2, -0.15) is 5.10 Å². The van der Waals surface area contributed by atoms with Crippen LogP contribution in [0, 0.1) is 0 Å². The van der Waals surface area contributed by atoms with Gasteiger partial charge in [-0.15, -0.1) is 5.10 Å². The van der Waals surface area contributed by atoms with Crippen molar-refractivity contribution in [2.45, 2.75) is 0 Å². The van der Waals surface area contributed by atoms with E-state index in [-0.39, 0.29) is 21.8 Å². The second-order valence-electron chi connectivity index (χ2n) is 2.60. The number of halogens is 2. The van der Waals surface area contributed by atoms with Gasteiger partial charge in [0.15, 0.2) is 5.75 Å². The molecule has 0 heterocycles. The van der Waals surface area contributed by atoms with Gasteiger partial charge in [-0.25, -0.2) is 0 Å². The molecule has 0 spiro atoms. The first kappa shape index (κ1) is 11.6. The molecular weight excluding hydrogens is 239 g/mol. The highest BCUT2D eigenvalue weighted by molar-refractivity contribution is 6.37. The van der Waals surface area contributed by atoms with Crippen LogP contribution in [0.1, 0.15) is 5.56 Å². The molecule has 0 saturated carbocycles. The van der Waals surface area contributed by atoms with Gasteiger partial charge in [-0.1, -0.05) is 23.2 Å². The summed E-state index contributed by atoms with van der Waals surface area (Å²) in [5, 5.41) is 16.5. The molecule has 5 N–H and O–H groups in total. The number of rotatable bonds is 2. The molecule has 5 nitrogen and oxygen atoms in total. The van der Waals surface area contributed by atoms with E-state index in [9.17, 15) is 5.11 Å². The van der Waals surface area contributed by atoms with Crippen molar-refractivity contribution < 1.29 is 5.11 Å². The predicted octanol–water partition coefficient (Wildman–Crippen LogP) is 1.31. The van der Waals surface area contributed by atoms with Crippen LogP contribution in [0.3, 0.4) is 0 Å². The molecule has 0 radical (unpaired) electrons. The first-order chi connectivity index (χ1) is 7.00. The number of phenols is 1. The lowest BCUT2D eigenvalue weighted by atomic mass is 10.2. The molecule has 80 valence electrons. The van der Waals surface area contributed by atoms with Crippen LogP contribution in [0.2, 0.25) is 10.0 Å². The van der Waals surface area contributed by atoms with E-state index in [1.807, 2.05) is 0 Å². The fourth-order valence-corrected chi connectivity index (χ4v) is 1.33. The summed E-state index contributed by atoms with van der Waals surface area (Å²) in [7, 11) is 0. The molecule has 0 fully saturated rings. The third-order valence-electron chi connectivity index (χ3n) is 1.42. The highest BCUT2D eigenvalue weighted by Crippen LogP contribution is 2.32. The highest BCUT2D eigenvalue weighted by Gasteiger charge is 2.04. The van der Waals surface area contributed by atoms with Crippen LogP contribution in [0.15, 0.2) is 22.3 Å². The Balaban J connectivity index is 2.98. The molecule has 7 heteroatoms. The van der Waals surface area contributed by atoms with E-state index >= 15 is 0 Å². The van der Waals surface area contributed by atoms with E-state index in [2.05, 4.69) is 10.2 Å². The van der Waals surface area contributed by atoms with Crippen molar-refractivity contribution in [1.29, 1.82) is 0 Å². The van der Waals surface area contributed by atoms with Crippen LogP contribution in [0.25, 0.3) is 0 Å². The summed E-state index contributed by atoms with van der Waals surface area (Å²) in [5.41, 5.74) is 10.7. The summed E-state index contributed by atoms with van der Waals surface area (Å²) in [6.45, 7) is 0. The third kappa shape index (κ3) is 3.30. The largest absolute Gasteiger partial charge is 0.505 e. The van der Waals surface area contributed by atoms with E-state index in [1.165, 1.54) is 18.3 Å². The molecule has 0 amide bonds. The van der Waals surface area contributed by atoms with Crippen molar-refractivity contribution in [2.24, 2.45) is 21.7 Å². The van der Waals surface area contributed by atoms with Crippen molar-refractivity contribution in [3.8, 4) is 5.75 Å². The van der Waals surface area contributed by atoms with Crippen LogP contribution >= 0.6 is 23.2 Å². The minimum atomic E-state index is -0.169. The number of phenolic OH excluding ortho intramolecular Hbond substituents is 1. The lowest BCUT2D eigenvalue weighted by Crippen LogP contribution is -2.21. The van der Waals surface area contributed by atoms with Crippen molar-refractivity contribution in [1.82, 2.24) is 0 Å². The molecule has 1 aromatic carbocycles. The first-order valence-corrected chi connectivity index (χ1v) is 4.56. The van der Waals surface area contributed by atoms with Gasteiger partial charge in [0.25, 0.3) is 0 Å². The average molecular weight is 247 g/mol. The third-order valence-corrected chi connectivity index (χ3v) is 2.00. The summed E-state index contributed by atoms with van der Waals surface area (Å²) in [5.74, 6) is -0.320. The molecule has 0 unspecified atom stereocenters. The number of guanidine groups is 1. The number of benzene rings is 1. The Kier molecular flexibility index (Phi) is 3.76. The maximum absolute atomic E-state index is 9.27. The zero-order chi connectivity index (χ0) is 11.4. The zero-order valence-electron chi connectivity index (χ0n) is 7.48. The lowest BCUT2D eigenvalue weighted by molar-refractivity contribution is 0.476. The van der Waals surface area contributed by atoms with Gasteiger partial charge in [0, 0.05) is 0 Å². The van der Waals surface area contributed by atoms with Crippen LogP contribution in [-0.4, -0.2) is 17.3 Å².